The van der Waals surface area contributed by atoms with Gasteiger partial charge < -0.3 is 0 Å². The minimum absolute atomic E-state index is 1.21. The molecule has 0 nitrogen and oxygen atoms in total. The number of hydrogen-bond acceptors (Lipinski definition) is 3. The molecule has 0 saturated heterocycles. The number of thiophene rings is 3. The molecule has 28 rings (SSSR count). The van der Waals surface area contributed by atoms with Gasteiger partial charge in [0, 0.05) is 60.5 Å². The second-order valence-electron chi connectivity index (χ2n) is 35.7. The number of rotatable bonds is 11. The quantitative estimate of drug-likeness (QED) is 0.113. The van der Waals surface area contributed by atoms with Crippen LogP contribution in [0, 0.1) is 0 Å². The zero-order valence-corrected chi connectivity index (χ0v) is 77.2. The Balaban J connectivity index is 0.000000107. The molecule has 0 spiro atoms. The van der Waals surface area contributed by atoms with Crippen LogP contribution in [0.1, 0.15) is 0 Å². The van der Waals surface area contributed by atoms with Crippen LogP contribution in [-0.2, 0) is 0 Å². The third kappa shape index (κ3) is 14.2. The van der Waals surface area contributed by atoms with Gasteiger partial charge in [0.15, 0.2) is 0 Å². The Morgan fingerprint density at radius 1 is 0.109 bits per heavy atom. The largest absolute Gasteiger partial charge is 0.135 e. The van der Waals surface area contributed by atoms with Crippen LogP contribution in [0.15, 0.2) is 510 Å². The first kappa shape index (κ1) is 81.0. The lowest BCUT2D eigenvalue weighted by molar-refractivity contribution is 1.58. The fourth-order valence-corrected chi connectivity index (χ4v) is 25.4. The van der Waals surface area contributed by atoms with Crippen LogP contribution in [0.3, 0.4) is 0 Å². The summed E-state index contributed by atoms with van der Waals surface area (Å²) >= 11 is 5.68. The Bertz CT molecular complexity index is 9410. The Morgan fingerprint density at radius 3 is 0.708 bits per heavy atom. The van der Waals surface area contributed by atoms with Gasteiger partial charge in [-0.05, 0) is 281 Å². The fourth-order valence-electron chi connectivity index (χ4n) is 21.8. The van der Waals surface area contributed by atoms with E-state index in [4.69, 9.17) is 0 Å². The van der Waals surface area contributed by atoms with Crippen LogP contribution in [0.4, 0.5) is 0 Å². The minimum atomic E-state index is 1.21. The third-order valence-electron chi connectivity index (χ3n) is 27.9. The molecule has 0 saturated carbocycles. The van der Waals surface area contributed by atoms with Crippen molar-refractivity contribution in [3.05, 3.63) is 510 Å². The highest BCUT2D eigenvalue weighted by molar-refractivity contribution is 7.27. The molecular formula is C134H84S3. The normalized spacial score (nSPS) is 11.6. The molecule has 3 heteroatoms. The molecular weight excluding hydrogens is 1710 g/mol. The van der Waals surface area contributed by atoms with Crippen molar-refractivity contribution in [2.45, 2.75) is 0 Å². The van der Waals surface area contributed by atoms with Gasteiger partial charge in [0.1, 0.15) is 0 Å². The summed E-state index contributed by atoms with van der Waals surface area (Å²) in [5.41, 5.74) is 27.7. The highest BCUT2D eigenvalue weighted by Crippen LogP contribution is 2.56. The van der Waals surface area contributed by atoms with Crippen LogP contribution >= 0.6 is 34.0 Å². The number of fused-ring (bicyclic) bond motifs is 17. The van der Waals surface area contributed by atoms with E-state index in [9.17, 15) is 0 Å². The van der Waals surface area contributed by atoms with E-state index in [0.717, 1.165) is 0 Å². The molecule has 0 bridgehead atoms. The summed E-state index contributed by atoms with van der Waals surface area (Å²) < 4.78 is 7.94. The van der Waals surface area contributed by atoms with Crippen molar-refractivity contribution in [1.29, 1.82) is 0 Å². The summed E-state index contributed by atoms with van der Waals surface area (Å²) in [5, 5.41) is 28.3. The van der Waals surface area contributed by atoms with Gasteiger partial charge >= 0.3 is 0 Å². The predicted octanol–water partition coefficient (Wildman–Crippen LogP) is 39.7. The van der Waals surface area contributed by atoms with Crippen molar-refractivity contribution < 1.29 is 0 Å². The molecule has 0 atom stereocenters. The third-order valence-corrected chi connectivity index (χ3v) is 31.3. The smallest absolute Gasteiger partial charge is 0.0440 e. The SMILES string of the molecule is c1ccc(-c2cc(-c3c4ccccc4c(-c4ccc5ccccc5c4)c4ccccc34)c3c(c2)sc2ccccc23)cc1.c1ccc(-c2cc(-c3ccccc3)cc(-c3c4ccccc4c(-c4cc(-c5ccccc5)cc5sc6ccccc6c45)c4ccccc34)c2)cc1.c1ccc(-c2ccc(-c3c4ccccc4c(-c4ccc5ccccc5c4)c4ccccc34)c3c2sc2ccccc23)cc1. The summed E-state index contributed by atoms with van der Waals surface area (Å²) in [6, 6.07) is 187. The molecule has 3 heterocycles. The van der Waals surface area contributed by atoms with Crippen LogP contribution < -0.4 is 0 Å². The summed E-state index contributed by atoms with van der Waals surface area (Å²) in [7, 11) is 0. The molecule has 28 aromatic rings. The van der Waals surface area contributed by atoms with Crippen LogP contribution in [0.2, 0.25) is 0 Å². The van der Waals surface area contributed by atoms with Gasteiger partial charge in [0.05, 0.1) is 0 Å². The van der Waals surface area contributed by atoms with Crippen molar-refractivity contribution in [3.8, 4) is 122 Å². The molecule has 25 aromatic carbocycles. The number of benzene rings is 25. The summed E-state index contributed by atoms with van der Waals surface area (Å²) in [6.07, 6.45) is 0. The molecule has 0 fully saturated rings. The highest BCUT2D eigenvalue weighted by Gasteiger charge is 2.27. The molecule has 0 N–H and O–H groups in total. The zero-order valence-electron chi connectivity index (χ0n) is 74.7. The maximum Gasteiger partial charge on any atom is 0.0440 e. The predicted molar refractivity (Wildman–Crippen MR) is 598 cm³/mol. The monoisotopic (exact) mass is 1790 g/mol. The van der Waals surface area contributed by atoms with Crippen LogP contribution in [0.5, 0.6) is 0 Å². The maximum absolute atomic E-state index is 2.44. The van der Waals surface area contributed by atoms with E-state index in [1.54, 1.807) is 0 Å². The molecule has 0 unspecified atom stereocenters. The van der Waals surface area contributed by atoms with E-state index in [1.807, 2.05) is 34.0 Å². The standard InChI is InChI=1S/C50H32S.2C42H26S/c1-4-16-33(17-5-1)36-28-37(34-18-6-2-7-19-34)30-39(29-36)48-40-22-10-12-24-42(40)49(43-25-13-11-23-41(43)48)45-31-38(35-20-8-3-9-21-35)32-47-50(45)44-26-14-15-27-46(44)51-47;1-2-13-28(14-3-1)31-24-25-37(41-36-20-10-11-21-38(36)43-42(31)41)40-34-18-8-6-16-32(34)39(33-17-7-9-19-35(33)40)30-23-22-27-12-4-5-15-29(27)26-30;1-2-12-27(13-3-1)31-25-37(42-36-20-10-11-21-38(36)43-39(42)26-31)41-34-18-8-6-16-32(34)40(33-17-7-9-19-35(33)41)30-23-22-28-14-4-5-15-29(28)24-30/h1-32H;2*1-26H. The van der Waals surface area contributed by atoms with Crippen LogP contribution in [0.25, 0.3) is 269 Å². The van der Waals surface area contributed by atoms with Crippen molar-refractivity contribution in [2.75, 3.05) is 0 Å². The zero-order chi connectivity index (χ0) is 90.4. The van der Waals surface area contributed by atoms with Gasteiger partial charge in [-0.3, -0.25) is 0 Å². The summed E-state index contributed by atoms with van der Waals surface area (Å²) in [4.78, 5) is 0. The summed E-state index contributed by atoms with van der Waals surface area (Å²) in [6.45, 7) is 0. The molecule has 0 radical (unpaired) electrons. The lowest BCUT2D eigenvalue weighted by atomic mass is 9.83. The Hall–Kier alpha value is -16.8. The molecule has 0 amide bonds. The molecule has 0 aliphatic rings. The molecule has 3 aromatic heterocycles. The second kappa shape index (κ2) is 34.4. The Kier molecular flexibility index (Phi) is 20.3. The Morgan fingerprint density at radius 2 is 0.358 bits per heavy atom. The van der Waals surface area contributed by atoms with Gasteiger partial charge in [-0.1, -0.05) is 437 Å². The molecule has 0 aliphatic heterocycles. The van der Waals surface area contributed by atoms with Gasteiger partial charge in [-0.15, -0.1) is 34.0 Å². The van der Waals surface area contributed by atoms with E-state index in [1.165, 1.54) is 269 Å². The highest BCUT2D eigenvalue weighted by atomic mass is 32.1. The van der Waals surface area contributed by atoms with Crippen molar-refractivity contribution >= 4 is 181 Å². The average molecular weight is 1790 g/mol. The molecule has 137 heavy (non-hydrogen) atoms. The first-order valence-corrected chi connectivity index (χ1v) is 49.5. The van der Waals surface area contributed by atoms with Crippen molar-refractivity contribution in [3.63, 3.8) is 0 Å². The van der Waals surface area contributed by atoms with E-state index < -0.39 is 0 Å². The first-order valence-electron chi connectivity index (χ1n) is 47.1. The van der Waals surface area contributed by atoms with Gasteiger partial charge in [-0.25, -0.2) is 0 Å². The van der Waals surface area contributed by atoms with Crippen LogP contribution in [-0.4, -0.2) is 0 Å². The van der Waals surface area contributed by atoms with Gasteiger partial charge in [0.2, 0.25) is 0 Å². The second-order valence-corrected chi connectivity index (χ2v) is 38.9. The lowest BCUT2D eigenvalue weighted by Gasteiger charge is -2.20. The van der Waals surface area contributed by atoms with Crippen molar-refractivity contribution in [1.82, 2.24) is 0 Å². The Labute approximate surface area is 806 Å². The minimum Gasteiger partial charge on any atom is -0.135 e. The van der Waals surface area contributed by atoms with E-state index in [-0.39, 0.29) is 0 Å². The molecule has 0 aliphatic carbocycles. The average Bonchev–Trinajstić information content (AvgIpc) is 1.69. The fraction of sp³-hybridized carbons (Fsp3) is 0. The van der Waals surface area contributed by atoms with E-state index >= 15 is 0 Å². The van der Waals surface area contributed by atoms with Crippen molar-refractivity contribution in [2.24, 2.45) is 0 Å². The van der Waals surface area contributed by atoms with Gasteiger partial charge in [0.25, 0.3) is 0 Å². The maximum atomic E-state index is 2.44. The number of hydrogen-bond donors (Lipinski definition) is 0. The lowest BCUT2D eigenvalue weighted by Crippen LogP contribution is -1.93. The van der Waals surface area contributed by atoms with E-state index in [2.05, 4.69) is 510 Å². The summed E-state index contributed by atoms with van der Waals surface area (Å²) in [5.74, 6) is 0. The molecule has 638 valence electrons. The van der Waals surface area contributed by atoms with E-state index in [0.29, 0.717) is 0 Å². The first-order chi connectivity index (χ1) is 68.0. The topological polar surface area (TPSA) is 0 Å². The van der Waals surface area contributed by atoms with Gasteiger partial charge in [-0.2, -0.15) is 0 Å².